The number of hydrogen-bond donors (Lipinski definition) is 1. The lowest BCUT2D eigenvalue weighted by Gasteiger charge is -2.15. The molecule has 0 aromatic heterocycles. The lowest BCUT2D eigenvalue weighted by Crippen LogP contribution is -2.26. The fourth-order valence-corrected chi connectivity index (χ4v) is 1.68. The maximum atomic E-state index is 11.7. The van der Waals surface area contributed by atoms with E-state index >= 15 is 0 Å². The Morgan fingerprint density at radius 2 is 1.03 bits per heavy atom. The van der Waals surface area contributed by atoms with Crippen LogP contribution in [0.2, 0.25) is 0 Å². The minimum Gasteiger partial charge on any atom is -0.462 e. The van der Waals surface area contributed by atoms with Crippen LogP contribution in [0.15, 0.2) is 0 Å². The van der Waals surface area contributed by atoms with Gasteiger partial charge in [0.05, 0.1) is 25.0 Å². The second kappa shape index (κ2) is 16.1. The molecule has 0 rings (SSSR count). The summed E-state index contributed by atoms with van der Waals surface area (Å²) >= 11 is 0. The molecule has 4 unspecified atom stereocenters. The van der Waals surface area contributed by atoms with Crippen molar-refractivity contribution in [2.45, 2.75) is 65.0 Å². The molecule has 1 N–H and O–H groups in total. The van der Waals surface area contributed by atoms with E-state index in [0.29, 0.717) is 0 Å². The minimum absolute atomic E-state index is 0.0245. The highest BCUT2D eigenvalue weighted by molar-refractivity contribution is 5.77. The van der Waals surface area contributed by atoms with Crippen LogP contribution in [0, 0.1) is 0 Å². The van der Waals surface area contributed by atoms with Gasteiger partial charge in [0, 0.05) is 7.11 Å². The van der Waals surface area contributed by atoms with Gasteiger partial charge in [-0.25, -0.2) is 9.59 Å². The Balaban J connectivity index is 3.92. The molecule has 31 heavy (non-hydrogen) atoms. The number of hydrogen-bond acceptors (Lipinski definition) is 12. The second-order valence-electron chi connectivity index (χ2n) is 6.74. The van der Waals surface area contributed by atoms with Crippen molar-refractivity contribution in [2.24, 2.45) is 0 Å². The van der Waals surface area contributed by atoms with E-state index in [2.05, 4.69) is 4.74 Å². The molecule has 0 aliphatic heterocycles. The molecule has 0 heterocycles. The largest absolute Gasteiger partial charge is 0.508 e. The monoisotopic (exact) mass is 452 g/mol. The van der Waals surface area contributed by atoms with E-state index in [1.54, 1.807) is 6.92 Å². The minimum atomic E-state index is -0.999. The molecule has 4 atom stereocenters. The summed E-state index contributed by atoms with van der Waals surface area (Å²) in [6.07, 6.45) is -5.03. The molecule has 0 bridgehead atoms. The third kappa shape index (κ3) is 16.8. The van der Waals surface area contributed by atoms with Crippen LogP contribution in [0.1, 0.15) is 40.5 Å². The summed E-state index contributed by atoms with van der Waals surface area (Å²) in [6.45, 7) is 5.51. The maximum Gasteiger partial charge on any atom is 0.508 e. The van der Waals surface area contributed by atoms with Crippen LogP contribution in [-0.2, 0) is 42.7 Å². The average Bonchev–Trinajstić information content (AvgIpc) is 2.71. The number of carbonyl (C=O) groups excluding carboxylic acids is 4. The van der Waals surface area contributed by atoms with Crippen molar-refractivity contribution in [3.63, 3.8) is 0 Å². The number of esters is 2. The van der Waals surface area contributed by atoms with E-state index in [1.807, 2.05) is 0 Å². The molecule has 0 aromatic carbocycles. The normalized spacial score (nSPS) is 14.4. The maximum absolute atomic E-state index is 11.7. The highest BCUT2D eigenvalue weighted by Gasteiger charge is 2.17. The SMILES string of the molecule is COC(C)COC(=O)OC(C)COC(=O)CCC(=O)OCC(C)OC(=O)OCC(C)O. The Morgan fingerprint density at radius 3 is 1.42 bits per heavy atom. The van der Waals surface area contributed by atoms with Gasteiger partial charge >= 0.3 is 24.2 Å². The number of methoxy groups -OCH3 is 1. The van der Waals surface area contributed by atoms with E-state index in [1.165, 1.54) is 27.9 Å². The van der Waals surface area contributed by atoms with Gasteiger partial charge in [-0.15, -0.1) is 0 Å². The summed E-state index contributed by atoms with van der Waals surface area (Å²) in [5, 5.41) is 9.00. The van der Waals surface area contributed by atoms with Crippen LogP contribution in [0.4, 0.5) is 9.59 Å². The van der Waals surface area contributed by atoms with E-state index in [0.717, 1.165) is 0 Å². The van der Waals surface area contributed by atoms with Gasteiger partial charge in [0.15, 0.2) is 0 Å². The molecule has 0 fully saturated rings. The van der Waals surface area contributed by atoms with Crippen LogP contribution < -0.4 is 0 Å². The first-order valence-electron chi connectivity index (χ1n) is 9.72. The fraction of sp³-hybridized carbons (Fsp3) is 0.789. The van der Waals surface area contributed by atoms with Gasteiger partial charge in [-0.3, -0.25) is 9.59 Å². The van der Waals surface area contributed by atoms with Crippen LogP contribution in [0.25, 0.3) is 0 Å². The summed E-state index contributed by atoms with van der Waals surface area (Å²) in [7, 11) is 1.48. The van der Waals surface area contributed by atoms with Crippen molar-refractivity contribution >= 4 is 24.2 Å². The molecule has 0 aromatic rings. The smallest absolute Gasteiger partial charge is 0.462 e. The predicted molar refractivity (Wildman–Crippen MR) is 103 cm³/mol. The number of rotatable bonds is 14. The van der Waals surface area contributed by atoms with E-state index in [4.69, 9.17) is 33.5 Å². The van der Waals surface area contributed by atoms with Crippen molar-refractivity contribution in [2.75, 3.05) is 33.5 Å². The number of aliphatic hydroxyl groups excluding tert-OH is 1. The Hall–Kier alpha value is -2.60. The van der Waals surface area contributed by atoms with Gasteiger partial charge in [0.1, 0.15) is 38.6 Å². The van der Waals surface area contributed by atoms with Gasteiger partial charge in [-0.05, 0) is 27.7 Å². The van der Waals surface area contributed by atoms with Crippen molar-refractivity contribution < 1.29 is 57.4 Å². The van der Waals surface area contributed by atoms with Gasteiger partial charge in [0.2, 0.25) is 0 Å². The Morgan fingerprint density at radius 1 is 0.645 bits per heavy atom. The third-order valence-corrected chi connectivity index (χ3v) is 3.37. The molecule has 0 saturated heterocycles. The van der Waals surface area contributed by atoms with Crippen LogP contribution >= 0.6 is 0 Å². The second-order valence-corrected chi connectivity index (χ2v) is 6.74. The summed E-state index contributed by atoms with van der Waals surface area (Å²) < 4.78 is 33.8. The molecule has 0 amide bonds. The summed E-state index contributed by atoms with van der Waals surface area (Å²) in [5.74, 6) is -1.37. The highest BCUT2D eigenvalue weighted by atomic mass is 16.7. The zero-order valence-corrected chi connectivity index (χ0v) is 18.5. The lowest BCUT2D eigenvalue weighted by molar-refractivity contribution is -0.153. The van der Waals surface area contributed by atoms with Gasteiger partial charge in [0.25, 0.3) is 0 Å². The quantitative estimate of drug-likeness (QED) is 0.299. The first kappa shape index (κ1) is 28.4. The number of carbonyl (C=O) groups is 4. The fourth-order valence-electron chi connectivity index (χ4n) is 1.68. The zero-order chi connectivity index (χ0) is 23.8. The number of ether oxygens (including phenoxy) is 7. The van der Waals surface area contributed by atoms with Crippen molar-refractivity contribution in [3.8, 4) is 0 Å². The van der Waals surface area contributed by atoms with E-state index < -0.39 is 42.6 Å². The lowest BCUT2D eigenvalue weighted by atomic mass is 10.3. The first-order valence-corrected chi connectivity index (χ1v) is 9.72. The van der Waals surface area contributed by atoms with Crippen molar-refractivity contribution in [1.29, 1.82) is 0 Å². The van der Waals surface area contributed by atoms with Gasteiger partial charge in [-0.1, -0.05) is 0 Å². The molecular formula is C19H32O12. The molecule has 12 heteroatoms. The molecular weight excluding hydrogens is 420 g/mol. The summed E-state index contributed by atoms with van der Waals surface area (Å²) in [5.41, 5.74) is 0. The van der Waals surface area contributed by atoms with Crippen LogP contribution in [0.3, 0.4) is 0 Å². The van der Waals surface area contributed by atoms with Gasteiger partial charge < -0.3 is 38.3 Å². The Bertz CT molecular complexity index is 562. The predicted octanol–water partition coefficient (Wildman–Crippen LogP) is 1.35. The van der Waals surface area contributed by atoms with Gasteiger partial charge in [-0.2, -0.15) is 0 Å². The van der Waals surface area contributed by atoms with E-state index in [-0.39, 0.29) is 45.4 Å². The molecule has 0 aliphatic carbocycles. The van der Waals surface area contributed by atoms with Crippen LogP contribution in [-0.4, -0.2) is 87.3 Å². The molecule has 180 valence electrons. The topological polar surface area (TPSA) is 153 Å². The van der Waals surface area contributed by atoms with Crippen LogP contribution in [0.5, 0.6) is 0 Å². The standard InChI is InChI=1S/C19H32O12/c1-12(20)8-28-18(23)30-14(3)10-26-16(21)6-7-17(22)27-11-15(4)31-19(24)29-9-13(2)25-5/h12-15,20H,6-11H2,1-5H3. The van der Waals surface area contributed by atoms with Crippen molar-refractivity contribution in [1.82, 2.24) is 0 Å². The molecule has 0 radical (unpaired) electrons. The Kier molecular flexibility index (Phi) is 14.8. The molecule has 0 spiro atoms. The van der Waals surface area contributed by atoms with E-state index in [9.17, 15) is 19.2 Å². The average molecular weight is 452 g/mol. The highest BCUT2D eigenvalue weighted by Crippen LogP contribution is 2.03. The molecule has 12 nitrogen and oxygen atoms in total. The molecule has 0 saturated carbocycles. The molecule has 0 aliphatic rings. The van der Waals surface area contributed by atoms with Crippen molar-refractivity contribution in [3.05, 3.63) is 0 Å². The Labute approximate surface area is 181 Å². The third-order valence-electron chi connectivity index (χ3n) is 3.37. The zero-order valence-electron chi connectivity index (χ0n) is 18.5. The first-order chi connectivity index (χ1) is 14.5. The summed E-state index contributed by atoms with van der Waals surface area (Å²) in [4.78, 5) is 46.1. The number of aliphatic hydroxyl groups is 1. The summed E-state index contributed by atoms with van der Waals surface area (Å²) in [6, 6.07) is 0.